The Morgan fingerprint density at radius 1 is 1.08 bits per heavy atom. The average molecular weight is 553 g/mol. The van der Waals surface area contributed by atoms with Gasteiger partial charge in [0.2, 0.25) is 0 Å². The summed E-state index contributed by atoms with van der Waals surface area (Å²) in [6, 6.07) is 19.4. The molecule has 1 saturated heterocycles. The second-order valence-corrected chi connectivity index (χ2v) is 12.2. The molecular formula is C27H28N4O5S2. The summed E-state index contributed by atoms with van der Waals surface area (Å²) in [5.41, 5.74) is 2.38. The molecule has 0 bridgehead atoms. The molecule has 0 amide bonds. The van der Waals surface area contributed by atoms with E-state index in [2.05, 4.69) is 10.3 Å². The van der Waals surface area contributed by atoms with E-state index in [9.17, 15) is 13.2 Å². The molecular weight excluding hydrogens is 524 g/mol. The number of ether oxygens (including phenoxy) is 2. The number of carbonyl (C=O) groups is 1. The van der Waals surface area contributed by atoms with Gasteiger partial charge >= 0.3 is 5.97 Å². The Hall–Kier alpha value is -3.54. The lowest BCUT2D eigenvalue weighted by Crippen LogP contribution is -2.30. The number of rotatable bonds is 9. The van der Waals surface area contributed by atoms with Crippen LogP contribution in [0.25, 0.3) is 10.4 Å². The second kappa shape index (κ2) is 11.1. The Morgan fingerprint density at radius 3 is 2.55 bits per heavy atom. The Labute approximate surface area is 225 Å². The highest BCUT2D eigenvalue weighted by Crippen LogP contribution is 2.39. The van der Waals surface area contributed by atoms with Crippen LogP contribution in [0.4, 0.5) is 0 Å². The molecule has 2 atom stereocenters. The number of thiophene rings is 1. The molecule has 0 unspecified atom stereocenters. The summed E-state index contributed by atoms with van der Waals surface area (Å²) >= 11 is 1.26. The number of carbonyl (C=O) groups excluding carboxylic acids is 1. The zero-order valence-electron chi connectivity index (χ0n) is 21.1. The fraction of sp³-hybridized carbons (Fsp3) is 0.296. The predicted octanol–water partition coefficient (Wildman–Crippen LogP) is 4.50. The Bertz CT molecular complexity index is 1500. The quantitative estimate of drug-likeness (QED) is 0.282. The maximum atomic E-state index is 13.6. The smallest absolute Gasteiger partial charge is 0.331 e. The van der Waals surface area contributed by atoms with Gasteiger partial charge in [-0.25, -0.2) is 17.9 Å². The molecule has 2 aromatic carbocycles. The summed E-state index contributed by atoms with van der Waals surface area (Å²) in [6.07, 6.45) is 3.33. The summed E-state index contributed by atoms with van der Waals surface area (Å²) in [5.74, 6) is 0.260. The van der Waals surface area contributed by atoms with Crippen LogP contribution in [0.3, 0.4) is 0 Å². The fourth-order valence-electron chi connectivity index (χ4n) is 4.66. The van der Waals surface area contributed by atoms with E-state index in [4.69, 9.17) is 9.47 Å². The third-order valence-corrected chi connectivity index (χ3v) is 10.2. The van der Waals surface area contributed by atoms with E-state index >= 15 is 0 Å². The number of sulfonamides is 1. The minimum absolute atomic E-state index is 0.294. The summed E-state index contributed by atoms with van der Waals surface area (Å²) in [6.45, 7) is 0.394. The SMILES string of the molecule is COC(=O)[C@H](Cc1ccc(OC)cc1)n1cc([C@@H]2CCCN2S(=O)(=O)c2ccc(-c3ccccc3)s2)nn1. The maximum Gasteiger partial charge on any atom is 0.331 e. The lowest BCUT2D eigenvalue weighted by molar-refractivity contribution is -0.144. The van der Waals surface area contributed by atoms with Crippen molar-refractivity contribution < 1.29 is 22.7 Å². The van der Waals surface area contributed by atoms with Crippen molar-refractivity contribution in [2.75, 3.05) is 20.8 Å². The van der Waals surface area contributed by atoms with Gasteiger partial charge in [-0.05, 0) is 48.2 Å². The van der Waals surface area contributed by atoms with Gasteiger partial charge in [-0.3, -0.25) is 0 Å². The number of hydrogen-bond acceptors (Lipinski definition) is 8. The Balaban J connectivity index is 1.38. The maximum absolute atomic E-state index is 13.6. The normalized spacial score (nSPS) is 16.8. The monoisotopic (exact) mass is 552 g/mol. The first-order chi connectivity index (χ1) is 18.4. The summed E-state index contributed by atoms with van der Waals surface area (Å²) in [5, 5.41) is 8.51. The first-order valence-corrected chi connectivity index (χ1v) is 14.5. The Kier molecular flexibility index (Phi) is 7.59. The number of methoxy groups -OCH3 is 2. The molecule has 0 saturated carbocycles. The van der Waals surface area contributed by atoms with E-state index in [1.54, 1.807) is 19.4 Å². The molecule has 0 aliphatic carbocycles. The highest BCUT2D eigenvalue weighted by atomic mass is 32.2. The molecule has 4 aromatic rings. The summed E-state index contributed by atoms with van der Waals surface area (Å²) in [7, 11) is -0.815. The summed E-state index contributed by atoms with van der Waals surface area (Å²) < 4.78 is 40.8. The van der Waals surface area contributed by atoms with Crippen molar-refractivity contribution in [1.29, 1.82) is 0 Å². The molecule has 1 fully saturated rings. The van der Waals surface area contributed by atoms with Crippen LogP contribution in [-0.4, -0.2) is 54.5 Å². The third kappa shape index (κ3) is 5.22. The molecule has 38 heavy (non-hydrogen) atoms. The molecule has 9 nitrogen and oxygen atoms in total. The lowest BCUT2D eigenvalue weighted by atomic mass is 10.1. The molecule has 3 heterocycles. The van der Waals surface area contributed by atoms with Gasteiger partial charge in [-0.15, -0.1) is 16.4 Å². The molecule has 2 aromatic heterocycles. The van der Waals surface area contributed by atoms with Gasteiger partial charge in [0.25, 0.3) is 10.0 Å². The van der Waals surface area contributed by atoms with E-state index in [0.717, 1.165) is 21.8 Å². The van der Waals surface area contributed by atoms with Gasteiger partial charge in [0.15, 0.2) is 6.04 Å². The molecule has 0 radical (unpaired) electrons. The zero-order valence-corrected chi connectivity index (χ0v) is 22.7. The van der Waals surface area contributed by atoms with Crippen LogP contribution in [0.5, 0.6) is 5.75 Å². The number of hydrogen-bond donors (Lipinski definition) is 0. The molecule has 0 N–H and O–H groups in total. The van der Waals surface area contributed by atoms with Gasteiger partial charge in [-0.1, -0.05) is 47.7 Å². The molecule has 1 aliphatic heterocycles. The van der Waals surface area contributed by atoms with Crippen molar-refractivity contribution >= 4 is 27.3 Å². The minimum Gasteiger partial charge on any atom is -0.497 e. The number of aromatic nitrogens is 3. The van der Waals surface area contributed by atoms with E-state index in [0.29, 0.717) is 35.7 Å². The van der Waals surface area contributed by atoms with Crippen molar-refractivity contribution in [3.8, 4) is 16.2 Å². The van der Waals surface area contributed by atoms with Gasteiger partial charge in [0.1, 0.15) is 15.7 Å². The third-order valence-electron chi connectivity index (χ3n) is 6.66. The van der Waals surface area contributed by atoms with E-state index < -0.39 is 28.1 Å². The fourth-order valence-corrected chi connectivity index (χ4v) is 7.77. The second-order valence-electron chi connectivity index (χ2n) is 8.97. The van der Waals surface area contributed by atoms with Crippen molar-refractivity contribution in [3.05, 3.63) is 84.2 Å². The van der Waals surface area contributed by atoms with Crippen molar-refractivity contribution in [1.82, 2.24) is 19.3 Å². The van der Waals surface area contributed by atoms with Crippen LogP contribution < -0.4 is 4.74 Å². The van der Waals surface area contributed by atoms with Crippen LogP contribution in [0, 0.1) is 0 Å². The van der Waals surface area contributed by atoms with Crippen LogP contribution in [0.1, 0.15) is 36.2 Å². The van der Waals surface area contributed by atoms with Crippen LogP contribution in [0.2, 0.25) is 0 Å². The first-order valence-electron chi connectivity index (χ1n) is 12.2. The van der Waals surface area contributed by atoms with E-state index in [-0.39, 0.29) is 0 Å². The van der Waals surface area contributed by atoms with E-state index in [1.807, 2.05) is 60.7 Å². The zero-order chi connectivity index (χ0) is 26.7. The first kappa shape index (κ1) is 26.1. The molecule has 1 aliphatic rings. The summed E-state index contributed by atoms with van der Waals surface area (Å²) in [4.78, 5) is 13.6. The van der Waals surface area contributed by atoms with Crippen molar-refractivity contribution in [3.63, 3.8) is 0 Å². The van der Waals surface area contributed by atoms with Crippen LogP contribution in [-0.2, 0) is 26.0 Å². The lowest BCUT2D eigenvalue weighted by Gasteiger charge is -2.21. The van der Waals surface area contributed by atoms with Crippen molar-refractivity contribution in [2.45, 2.75) is 35.6 Å². The van der Waals surface area contributed by atoms with Crippen molar-refractivity contribution in [2.24, 2.45) is 0 Å². The predicted molar refractivity (Wildman–Crippen MR) is 143 cm³/mol. The standard InChI is InChI=1S/C27H28N4O5S2/c1-35-21-12-10-19(11-13-21)17-24(27(32)36-2)30-18-22(28-29-30)23-9-6-16-31(23)38(33,34)26-15-14-25(37-26)20-7-4-3-5-8-20/h3-5,7-8,10-15,18,23-24H,6,9,16-17H2,1-2H3/t23-,24-/m0/s1. The largest absolute Gasteiger partial charge is 0.497 e. The molecule has 198 valence electrons. The molecule has 0 spiro atoms. The highest BCUT2D eigenvalue weighted by Gasteiger charge is 2.39. The van der Waals surface area contributed by atoms with E-state index in [1.165, 1.54) is 27.4 Å². The number of nitrogens with zero attached hydrogens (tertiary/aromatic N) is 4. The number of benzene rings is 2. The van der Waals surface area contributed by atoms with Gasteiger partial charge in [-0.2, -0.15) is 4.31 Å². The average Bonchev–Trinajstić information content (AvgIpc) is 3.73. The number of esters is 1. The van der Waals surface area contributed by atoms with Crippen LogP contribution >= 0.6 is 11.3 Å². The molecule has 11 heteroatoms. The highest BCUT2D eigenvalue weighted by molar-refractivity contribution is 7.91. The Morgan fingerprint density at radius 2 is 1.84 bits per heavy atom. The van der Waals surface area contributed by atoms with Gasteiger partial charge in [0, 0.05) is 17.8 Å². The molecule has 5 rings (SSSR count). The van der Waals surface area contributed by atoms with Gasteiger partial charge < -0.3 is 9.47 Å². The minimum atomic E-state index is -3.74. The van der Waals surface area contributed by atoms with Gasteiger partial charge in [0.05, 0.1) is 26.5 Å². The topological polar surface area (TPSA) is 104 Å². The van der Waals surface area contributed by atoms with Crippen LogP contribution in [0.15, 0.2) is 77.1 Å².